The van der Waals surface area contributed by atoms with Gasteiger partial charge in [0.1, 0.15) is 12.4 Å². The number of nitrogens with zero attached hydrogens (tertiary/aromatic N) is 2. The standard InChI is InChI=1S/C22H24N2O4/c25-18-13-17(24-21(14-18)28-15-19-6-3-4-11-26-19)9-12-27-22-20-7-2-1-5-16(20)8-10-23-22/h1-2,5,7-8,10,13-14,19H,3-4,6,9,11-12,15H2,(H,24,25). The minimum Gasteiger partial charge on any atom is -0.508 e. The molecule has 3 heterocycles. The van der Waals surface area contributed by atoms with Crippen LogP contribution in [0.4, 0.5) is 0 Å². The summed E-state index contributed by atoms with van der Waals surface area (Å²) in [5.41, 5.74) is 0.708. The second-order valence-electron chi connectivity index (χ2n) is 6.89. The molecular formula is C22H24N2O4. The molecule has 1 aliphatic heterocycles. The van der Waals surface area contributed by atoms with E-state index in [1.807, 2.05) is 30.3 Å². The maximum absolute atomic E-state index is 9.98. The molecule has 4 rings (SSSR count). The van der Waals surface area contributed by atoms with Gasteiger partial charge in [-0.3, -0.25) is 0 Å². The zero-order valence-corrected chi connectivity index (χ0v) is 15.7. The summed E-state index contributed by atoms with van der Waals surface area (Å²) in [6, 6.07) is 13.1. The molecule has 1 unspecified atom stereocenters. The summed E-state index contributed by atoms with van der Waals surface area (Å²) >= 11 is 0. The summed E-state index contributed by atoms with van der Waals surface area (Å²) in [5, 5.41) is 12.0. The summed E-state index contributed by atoms with van der Waals surface area (Å²) in [6.45, 7) is 1.64. The highest BCUT2D eigenvalue weighted by Crippen LogP contribution is 2.23. The molecule has 1 fully saturated rings. The van der Waals surface area contributed by atoms with E-state index in [1.165, 1.54) is 6.07 Å². The van der Waals surface area contributed by atoms with Crippen LogP contribution >= 0.6 is 0 Å². The van der Waals surface area contributed by atoms with Crippen molar-refractivity contribution in [2.75, 3.05) is 19.8 Å². The van der Waals surface area contributed by atoms with E-state index in [0.29, 0.717) is 37.1 Å². The molecule has 1 atom stereocenters. The van der Waals surface area contributed by atoms with Gasteiger partial charge in [0, 0.05) is 36.7 Å². The van der Waals surface area contributed by atoms with Crippen molar-refractivity contribution in [1.82, 2.24) is 9.97 Å². The van der Waals surface area contributed by atoms with Crippen LogP contribution in [0.5, 0.6) is 17.5 Å². The van der Waals surface area contributed by atoms with E-state index >= 15 is 0 Å². The number of hydrogen-bond donors (Lipinski definition) is 1. The van der Waals surface area contributed by atoms with E-state index in [9.17, 15) is 5.11 Å². The Morgan fingerprint density at radius 2 is 2.04 bits per heavy atom. The number of aromatic nitrogens is 2. The van der Waals surface area contributed by atoms with Crippen molar-refractivity contribution < 1.29 is 19.3 Å². The smallest absolute Gasteiger partial charge is 0.221 e. The van der Waals surface area contributed by atoms with Gasteiger partial charge in [0.15, 0.2) is 0 Å². The van der Waals surface area contributed by atoms with Gasteiger partial charge in [-0.1, -0.05) is 18.2 Å². The molecule has 0 bridgehead atoms. The summed E-state index contributed by atoms with van der Waals surface area (Å²) in [5.74, 6) is 1.14. The van der Waals surface area contributed by atoms with E-state index in [1.54, 1.807) is 12.3 Å². The van der Waals surface area contributed by atoms with E-state index in [-0.39, 0.29) is 11.9 Å². The number of benzene rings is 1. The van der Waals surface area contributed by atoms with Crippen molar-refractivity contribution in [2.24, 2.45) is 0 Å². The van der Waals surface area contributed by atoms with Gasteiger partial charge < -0.3 is 19.3 Å². The molecule has 6 nitrogen and oxygen atoms in total. The molecule has 0 radical (unpaired) electrons. The maximum atomic E-state index is 9.98. The molecule has 1 aromatic carbocycles. The third-order valence-electron chi connectivity index (χ3n) is 4.76. The number of hydrogen-bond acceptors (Lipinski definition) is 6. The van der Waals surface area contributed by atoms with Crippen molar-refractivity contribution in [1.29, 1.82) is 0 Å². The minimum atomic E-state index is 0.0992. The van der Waals surface area contributed by atoms with E-state index in [4.69, 9.17) is 14.2 Å². The van der Waals surface area contributed by atoms with Crippen LogP contribution in [-0.4, -0.2) is 41.0 Å². The first-order chi connectivity index (χ1) is 13.8. The zero-order chi connectivity index (χ0) is 19.2. The largest absolute Gasteiger partial charge is 0.508 e. The van der Waals surface area contributed by atoms with Crippen molar-refractivity contribution in [3.05, 3.63) is 54.4 Å². The van der Waals surface area contributed by atoms with Crippen LogP contribution in [0.25, 0.3) is 10.8 Å². The second kappa shape index (κ2) is 8.89. The first-order valence-electron chi connectivity index (χ1n) is 9.69. The fourth-order valence-corrected chi connectivity index (χ4v) is 3.32. The lowest BCUT2D eigenvalue weighted by Crippen LogP contribution is -2.26. The van der Waals surface area contributed by atoms with Crippen molar-refractivity contribution >= 4 is 10.8 Å². The molecule has 0 amide bonds. The zero-order valence-electron chi connectivity index (χ0n) is 15.7. The highest BCUT2D eigenvalue weighted by molar-refractivity contribution is 5.86. The fourth-order valence-electron chi connectivity index (χ4n) is 3.32. The molecule has 1 saturated heterocycles. The van der Waals surface area contributed by atoms with Gasteiger partial charge in [0.05, 0.1) is 18.4 Å². The molecule has 6 heteroatoms. The normalized spacial score (nSPS) is 16.8. The molecule has 1 aliphatic rings. The molecule has 3 aromatic rings. The Hall–Kier alpha value is -2.86. The average Bonchev–Trinajstić information content (AvgIpc) is 2.73. The Kier molecular flexibility index (Phi) is 5.87. The van der Waals surface area contributed by atoms with Gasteiger partial charge in [0.2, 0.25) is 11.8 Å². The minimum absolute atomic E-state index is 0.0992. The number of pyridine rings is 2. The first kappa shape index (κ1) is 18.5. The van der Waals surface area contributed by atoms with E-state index in [0.717, 1.165) is 36.6 Å². The predicted molar refractivity (Wildman–Crippen MR) is 106 cm³/mol. The summed E-state index contributed by atoms with van der Waals surface area (Å²) in [7, 11) is 0. The highest BCUT2D eigenvalue weighted by Gasteiger charge is 2.15. The molecular weight excluding hydrogens is 356 g/mol. The van der Waals surface area contributed by atoms with Crippen LogP contribution in [-0.2, 0) is 11.2 Å². The summed E-state index contributed by atoms with van der Waals surface area (Å²) in [6.07, 6.45) is 5.64. The molecule has 146 valence electrons. The topological polar surface area (TPSA) is 73.7 Å². The summed E-state index contributed by atoms with van der Waals surface area (Å²) < 4.78 is 17.3. The monoisotopic (exact) mass is 380 g/mol. The fraction of sp³-hybridized carbons (Fsp3) is 0.364. The third-order valence-corrected chi connectivity index (χ3v) is 4.76. The highest BCUT2D eigenvalue weighted by atomic mass is 16.5. The molecule has 2 aromatic heterocycles. The number of ether oxygens (including phenoxy) is 3. The number of aromatic hydroxyl groups is 1. The van der Waals surface area contributed by atoms with Gasteiger partial charge in [-0.2, -0.15) is 0 Å². The Balaban J connectivity index is 1.35. The Morgan fingerprint density at radius 3 is 2.93 bits per heavy atom. The molecule has 0 saturated carbocycles. The third kappa shape index (κ3) is 4.70. The Morgan fingerprint density at radius 1 is 1.11 bits per heavy atom. The van der Waals surface area contributed by atoms with Crippen LogP contribution in [0.1, 0.15) is 25.0 Å². The van der Waals surface area contributed by atoms with Gasteiger partial charge in [-0.15, -0.1) is 0 Å². The molecule has 0 spiro atoms. The Labute approximate surface area is 164 Å². The lowest BCUT2D eigenvalue weighted by molar-refractivity contribution is -0.0120. The van der Waals surface area contributed by atoms with Crippen LogP contribution in [0.3, 0.4) is 0 Å². The second-order valence-corrected chi connectivity index (χ2v) is 6.89. The van der Waals surface area contributed by atoms with E-state index in [2.05, 4.69) is 9.97 Å². The lowest BCUT2D eigenvalue weighted by Gasteiger charge is -2.22. The maximum Gasteiger partial charge on any atom is 0.221 e. The van der Waals surface area contributed by atoms with Crippen molar-refractivity contribution in [3.8, 4) is 17.5 Å². The molecule has 0 aliphatic carbocycles. The van der Waals surface area contributed by atoms with Crippen LogP contribution in [0.2, 0.25) is 0 Å². The average molecular weight is 380 g/mol. The van der Waals surface area contributed by atoms with E-state index < -0.39 is 0 Å². The number of fused-ring (bicyclic) bond motifs is 1. The van der Waals surface area contributed by atoms with Crippen LogP contribution < -0.4 is 9.47 Å². The SMILES string of the molecule is Oc1cc(CCOc2nccc3ccccc23)nc(OCC2CCCCO2)c1. The van der Waals surface area contributed by atoms with Gasteiger partial charge in [-0.25, -0.2) is 9.97 Å². The van der Waals surface area contributed by atoms with Crippen LogP contribution in [0.15, 0.2) is 48.7 Å². The van der Waals surface area contributed by atoms with Gasteiger partial charge >= 0.3 is 0 Å². The molecule has 28 heavy (non-hydrogen) atoms. The Bertz CT molecular complexity index is 920. The molecule has 1 N–H and O–H groups in total. The lowest BCUT2D eigenvalue weighted by atomic mass is 10.1. The van der Waals surface area contributed by atoms with Crippen molar-refractivity contribution in [2.45, 2.75) is 31.8 Å². The predicted octanol–water partition coefficient (Wildman–Crippen LogP) is 3.90. The quantitative estimate of drug-likeness (QED) is 0.670. The first-order valence-corrected chi connectivity index (χ1v) is 9.69. The summed E-state index contributed by atoms with van der Waals surface area (Å²) in [4.78, 5) is 8.80. The van der Waals surface area contributed by atoms with Crippen molar-refractivity contribution in [3.63, 3.8) is 0 Å². The van der Waals surface area contributed by atoms with Crippen LogP contribution in [0, 0.1) is 0 Å². The van der Waals surface area contributed by atoms with Gasteiger partial charge in [0.25, 0.3) is 0 Å². The van der Waals surface area contributed by atoms with Gasteiger partial charge in [-0.05, 0) is 36.8 Å². The number of rotatable bonds is 7.